The summed E-state index contributed by atoms with van der Waals surface area (Å²) < 4.78 is 0. The molecule has 0 bridgehead atoms. The van der Waals surface area contributed by atoms with Crippen LogP contribution in [0.1, 0.15) is 39.6 Å². The van der Waals surface area contributed by atoms with Crippen LogP contribution in [0, 0.1) is 0 Å². The van der Waals surface area contributed by atoms with Crippen LogP contribution in [-0.2, 0) is 13.0 Å². The van der Waals surface area contributed by atoms with Crippen LogP contribution in [0.3, 0.4) is 0 Å². The minimum atomic E-state index is -0.353. The lowest BCUT2D eigenvalue weighted by molar-refractivity contribution is 0.0959. The molecule has 1 unspecified atom stereocenters. The Morgan fingerprint density at radius 3 is 2.93 bits per heavy atom. The summed E-state index contributed by atoms with van der Waals surface area (Å²) in [5, 5.41) is 7.01. The Morgan fingerprint density at radius 2 is 2.10 bits per heavy atom. The molecule has 2 aromatic carbocycles. The summed E-state index contributed by atoms with van der Waals surface area (Å²) in [7, 11) is 1.54. The molecule has 4 N–H and O–H groups in total. The molecule has 1 atom stereocenters. The van der Waals surface area contributed by atoms with Gasteiger partial charge in [0.05, 0.1) is 11.9 Å². The van der Waals surface area contributed by atoms with Gasteiger partial charge in [0.1, 0.15) is 0 Å². The van der Waals surface area contributed by atoms with Gasteiger partial charge in [-0.2, -0.15) is 0 Å². The summed E-state index contributed by atoms with van der Waals surface area (Å²) in [6.07, 6.45) is 3.62. The zero-order valence-corrected chi connectivity index (χ0v) is 16.8. The third-order valence-electron chi connectivity index (χ3n) is 5.23. The van der Waals surface area contributed by atoms with E-state index in [1.54, 1.807) is 6.20 Å². The molecule has 1 amide bonds. The molecule has 0 radical (unpaired) electrons. The third-order valence-corrected chi connectivity index (χ3v) is 5.59. The van der Waals surface area contributed by atoms with Crippen molar-refractivity contribution in [2.24, 2.45) is 0 Å². The highest BCUT2D eigenvalue weighted by atomic mass is 35.5. The summed E-state index contributed by atoms with van der Waals surface area (Å²) in [6.45, 7) is 0.717. The Labute approximate surface area is 174 Å². The zero-order valence-electron chi connectivity index (χ0n) is 16.1. The quantitative estimate of drug-likeness (QED) is 0.601. The molecule has 0 aliphatic heterocycles. The van der Waals surface area contributed by atoms with E-state index in [1.165, 1.54) is 18.2 Å². The van der Waals surface area contributed by atoms with Gasteiger partial charge < -0.3 is 16.4 Å². The molecule has 0 saturated carbocycles. The lowest BCUT2D eigenvalue weighted by Crippen LogP contribution is -2.21. The predicted octanol–water partition coefficient (Wildman–Crippen LogP) is 3.52. The van der Waals surface area contributed by atoms with Crippen LogP contribution in [0.2, 0.25) is 5.02 Å². The fraction of sp³-hybridized carbons (Fsp3) is 0.227. The fourth-order valence-electron chi connectivity index (χ4n) is 3.73. The number of hydrogen-bond acceptors (Lipinski definition) is 5. The fourth-order valence-corrected chi connectivity index (χ4v) is 4.00. The molecule has 4 rings (SSSR count). The van der Waals surface area contributed by atoms with Crippen molar-refractivity contribution in [2.45, 2.75) is 25.4 Å². The van der Waals surface area contributed by atoms with Gasteiger partial charge in [0.25, 0.3) is 5.91 Å². The molecular weight excluding hydrogens is 386 g/mol. The second-order valence-corrected chi connectivity index (χ2v) is 7.46. The molecule has 1 aromatic heterocycles. The molecule has 1 aliphatic carbocycles. The van der Waals surface area contributed by atoms with E-state index in [4.69, 9.17) is 17.3 Å². The van der Waals surface area contributed by atoms with Gasteiger partial charge >= 0.3 is 0 Å². The number of nitrogens with zero attached hydrogens (tertiary/aromatic N) is 2. The van der Waals surface area contributed by atoms with Crippen molar-refractivity contribution in [3.63, 3.8) is 0 Å². The van der Waals surface area contributed by atoms with Gasteiger partial charge in [-0.3, -0.25) is 4.79 Å². The number of nitrogens with one attached hydrogen (secondary N) is 2. The number of fused-ring (bicyclic) bond motifs is 1. The highest BCUT2D eigenvalue weighted by molar-refractivity contribution is 6.31. The van der Waals surface area contributed by atoms with Crippen molar-refractivity contribution in [3.05, 3.63) is 76.1 Å². The first-order chi connectivity index (χ1) is 14.1. The number of carbonyl (C=O) groups excluding carboxylic acids is 1. The average molecular weight is 408 g/mol. The van der Waals surface area contributed by atoms with Crippen LogP contribution in [-0.4, -0.2) is 22.9 Å². The number of rotatable bonds is 5. The van der Waals surface area contributed by atoms with Crippen molar-refractivity contribution in [3.8, 4) is 11.3 Å². The van der Waals surface area contributed by atoms with E-state index in [0.29, 0.717) is 11.7 Å². The largest absolute Gasteiger partial charge is 0.382 e. The summed E-state index contributed by atoms with van der Waals surface area (Å²) in [5.74, 6) is -0.238. The van der Waals surface area contributed by atoms with E-state index >= 15 is 0 Å². The first kappa shape index (κ1) is 19.4. The molecule has 1 heterocycles. The first-order valence-electron chi connectivity index (χ1n) is 9.51. The molecule has 0 spiro atoms. The summed E-state index contributed by atoms with van der Waals surface area (Å²) in [5.41, 5.74) is 11.1. The standard InChI is InChI=1S/C22H22ClN5O/c1-25-22(29)20-21(24)27-12-19(28-20)14-5-2-4-13(10-14)11-26-18-9-8-15-16(18)6-3-7-17(15)23/h2-7,10,12,18,26H,8-9,11H2,1H3,(H2,24,27)(H,25,29). The second-order valence-electron chi connectivity index (χ2n) is 7.05. The lowest BCUT2D eigenvalue weighted by atomic mass is 10.1. The number of nitrogens with two attached hydrogens (primary N) is 1. The molecule has 0 fully saturated rings. The number of halogens is 1. The Balaban J connectivity index is 1.52. The van der Waals surface area contributed by atoms with Crippen molar-refractivity contribution in [2.75, 3.05) is 12.8 Å². The summed E-state index contributed by atoms with van der Waals surface area (Å²) >= 11 is 6.32. The Hall–Kier alpha value is -2.96. The van der Waals surface area contributed by atoms with E-state index in [9.17, 15) is 4.79 Å². The smallest absolute Gasteiger partial charge is 0.273 e. The Kier molecular flexibility index (Phi) is 5.47. The molecular formula is C22H22ClN5O. The van der Waals surface area contributed by atoms with Crippen LogP contribution >= 0.6 is 11.6 Å². The third kappa shape index (κ3) is 3.95. The molecule has 148 valence electrons. The highest BCUT2D eigenvalue weighted by Gasteiger charge is 2.23. The number of amides is 1. The van der Waals surface area contributed by atoms with E-state index in [-0.39, 0.29) is 17.4 Å². The minimum Gasteiger partial charge on any atom is -0.382 e. The summed E-state index contributed by atoms with van der Waals surface area (Å²) in [6, 6.07) is 14.4. The molecule has 6 nitrogen and oxygen atoms in total. The van der Waals surface area contributed by atoms with Gasteiger partial charge in [-0.25, -0.2) is 9.97 Å². The van der Waals surface area contributed by atoms with Crippen molar-refractivity contribution in [1.29, 1.82) is 0 Å². The predicted molar refractivity (Wildman–Crippen MR) is 115 cm³/mol. The minimum absolute atomic E-state index is 0.115. The molecule has 0 saturated heterocycles. The number of aromatic nitrogens is 2. The number of nitrogen functional groups attached to an aromatic ring is 1. The maximum atomic E-state index is 11.9. The van der Waals surface area contributed by atoms with Gasteiger partial charge in [0, 0.05) is 30.2 Å². The van der Waals surface area contributed by atoms with E-state index in [2.05, 4.69) is 38.8 Å². The first-order valence-corrected chi connectivity index (χ1v) is 9.89. The van der Waals surface area contributed by atoms with Crippen molar-refractivity contribution < 1.29 is 4.79 Å². The van der Waals surface area contributed by atoms with Gasteiger partial charge in [0.2, 0.25) is 0 Å². The summed E-state index contributed by atoms with van der Waals surface area (Å²) in [4.78, 5) is 20.5. The lowest BCUT2D eigenvalue weighted by Gasteiger charge is -2.15. The normalized spacial score (nSPS) is 15.2. The molecule has 29 heavy (non-hydrogen) atoms. The van der Waals surface area contributed by atoms with Crippen LogP contribution in [0.4, 0.5) is 5.82 Å². The maximum Gasteiger partial charge on any atom is 0.273 e. The van der Waals surface area contributed by atoms with Crippen molar-refractivity contribution in [1.82, 2.24) is 20.6 Å². The topological polar surface area (TPSA) is 92.9 Å². The molecule has 1 aliphatic rings. The maximum absolute atomic E-state index is 11.9. The number of anilines is 1. The monoisotopic (exact) mass is 407 g/mol. The van der Waals surface area contributed by atoms with Crippen LogP contribution in [0.5, 0.6) is 0 Å². The van der Waals surface area contributed by atoms with Crippen LogP contribution in [0.15, 0.2) is 48.7 Å². The van der Waals surface area contributed by atoms with Gasteiger partial charge in [-0.05, 0) is 41.7 Å². The Bertz CT molecular complexity index is 1070. The van der Waals surface area contributed by atoms with Gasteiger partial charge in [-0.1, -0.05) is 41.9 Å². The van der Waals surface area contributed by atoms with E-state index < -0.39 is 0 Å². The van der Waals surface area contributed by atoms with E-state index in [0.717, 1.165) is 35.5 Å². The van der Waals surface area contributed by atoms with Crippen LogP contribution in [0.25, 0.3) is 11.3 Å². The second kappa shape index (κ2) is 8.19. The SMILES string of the molecule is CNC(=O)c1nc(-c2cccc(CNC3CCc4c(Cl)cccc43)c2)cnc1N. The van der Waals surface area contributed by atoms with Gasteiger partial charge in [-0.15, -0.1) is 0 Å². The number of benzene rings is 2. The average Bonchev–Trinajstić information content (AvgIpc) is 3.17. The van der Waals surface area contributed by atoms with Gasteiger partial charge in [0.15, 0.2) is 11.5 Å². The van der Waals surface area contributed by atoms with E-state index in [1.807, 2.05) is 24.3 Å². The molecule has 7 heteroatoms. The number of carbonyl (C=O) groups is 1. The zero-order chi connectivity index (χ0) is 20.4. The number of hydrogen-bond donors (Lipinski definition) is 3. The van der Waals surface area contributed by atoms with Crippen molar-refractivity contribution >= 4 is 23.3 Å². The highest BCUT2D eigenvalue weighted by Crippen LogP contribution is 2.35. The van der Waals surface area contributed by atoms with Crippen LogP contribution < -0.4 is 16.4 Å². The molecule has 3 aromatic rings. The Morgan fingerprint density at radius 1 is 1.28 bits per heavy atom.